The van der Waals surface area contributed by atoms with Crippen molar-refractivity contribution in [3.05, 3.63) is 58.4 Å². The van der Waals surface area contributed by atoms with Gasteiger partial charge < -0.3 is 10.1 Å². The van der Waals surface area contributed by atoms with E-state index in [0.29, 0.717) is 34.4 Å². The van der Waals surface area contributed by atoms with Crippen LogP contribution in [0.4, 0.5) is 0 Å². The molecule has 148 valence electrons. The maximum absolute atomic E-state index is 12.6. The molecule has 0 unspecified atom stereocenters. The summed E-state index contributed by atoms with van der Waals surface area (Å²) in [6.07, 6.45) is 1.92. The Kier molecular flexibility index (Phi) is 4.99. The average molecular weight is 391 g/mol. The summed E-state index contributed by atoms with van der Waals surface area (Å²) in [6, 6.07) is 12.3. The first-order valence-corrected chi connectivity index (χ1v) is 9.46. The summed E-state index contributed by atoms with van der Waals surface area (Å²) in [5.41, 5.74) is 2.41. The zero-order chi connectivity index (χ0) is 20.4. The van der Waals surface area contributed by atoms with E-state index in [1.165, 1.54) is 0 Å². The van der Waals surface area contributed by atoms with Crippen LogP contribution in [-0.2, 0) is 0 Å². The third kappa shape index (κ3) is 3.44. The van der Waals surface area contributed by atoms with Crippen molar-refractivity contribution in [1.82, 2.24) is 25.1 Å². The van der Waals surface area contributed by atoms with Crippen molar-refractivity contribution in [1.29, 1.82) is 0 Å². The largest absolute Gasteiger partial charge is 0.497 e. The lowest BCUT2D eigenvalue weighted by molar-refractivity contribution is 0.0953. The Morgan fingerprint density at radius 3 is 2.72 bits per heavy atom. The molecule has 0 saturated heterocycles. The second-order valence-corrected chi connectivity index (χ2v) is 6.71. The minimum atomic E-state index is -0.367. The quantitative estimate of drug-likeness (QED) is 0.492. The van der Waals surface area contributed by atoms with Crippen LogP contribution < -0.4 is 15.6 Å². The second-order valence-electron chi connectivity index (χ2n) is 6.71. The Balaban J connectivity index is 1.81. The standard InChI is InChI=1S/C21H21N5O3/c1-3-4-11-22-20(27)14-7-10-16-17(12-14)26-19(23-21(16)28)18(24-25-26)13-5-8-15(29-2)9-6-13/h5-10,12,25H,3-4,11H2,1-2H3,(H,22,27). The van der Waals surface area contributed by atoms with Gasteiger partial charge in [0.1, 0.15) is 11.4 Å². The first kappa shape index (κ1) is 18.7. The van der Waals surface area contributed by atoms with Gasteiger partial charge in [-0.3, -0.25) is 9.59 Å². The third-order valence-corrected chi connectivity index (χ3v) is 4.80. The number of hydrogen-bond acceptors (Lipinski definition) is 5. The molecule has 2 aromatic carbocycles. The first-order valence-electron chi connectivity index (χ1n) is 9.46. The van der Waals surface area contributed by atoms with Crippen LogP contribution in [-0.4, -0.2) is 39.4 Å². The predicted octanol–water partition coefficient (Wildman–Crippen LogP) is 2.78. The number of rotatable bonds is 6. The van der Waals surface area contributed by atoms with E-state index in [4.69, 9.17) is 4.74 Å². The van der Waals surface area contributed by atoms with Crippen molar-refractivity contribution >= 4 is 22.5 Å². The van der Waals surface area contributed by atoms with Crippen LogP contribution in [0.5, 0.6) is 5.75 Å². The van der Waals surface area contributed by atoms with Crippen molar-refractivity contribution < 1.29 is 9.53 Å². The fraction of sp³-hybridized carbons (Fsp3) is 0.238. The van der Waals surface area contributed by atoms with E-state index in [0.717, 1.165) is 24.2 Å². The van der Waals surface area contributed by atoms with Gasteiger partial charge in [0.2, 0.25) is 0 Å². The van der Waals surface area contributed by atoms with Crippen LogP contribution in [0.15, 0.2) is 47.3 Å². The molecule has 8 nitrogen and oxygen atoms in total. The van der Waals surface area contributed by atoms with E-state index >= 15 is 0 Å². The van der Waals surface area contributed by atoms with Crippen molar-refractivity contribution in [2.24, 2.45) is 0 Å². The first-order chi connectivity index (χ1) is 14.1. The summed E-state index contributed by atoms with van der Waals surface area (Å²) in [7, 11) is 1.60. The summed E-state index contributed by atoms with van der Waals surface area (Å²) in [4.78, 5) is 29.2. The van der Waals surface area contributed by atoms with Gasteiger partial charge in [0, 0.05) is 17.7 Å². The Hall–Kier alpha value is -3.68. The number of H-pyrrole nitrogens is 1. The van der Waals surface area contributed by atoms with Crippen LogP contribution in [0.2, 0.25) is 0 Å². The molecular formula is C21H21N5O3. The van der Waals surface area contributed by atoms with Gasteiger partial charge >= 0.3 is 0 Å². The molecule has 0 radical (unpaired) electrons. The summed E-state index contributed by atoms with van der Waals surface area (Å²) in [6.45, 7) is 2.68. The van der Waals surface area contributed by atoms with Crippen molar-refractivity contribution in [2.45, 2.75) is 19.8 Å². The van der Waals surface area contributed by atoms with Gasteiger partial charge in [-0.2, -0.15) is 10.1 Å². The molecule has 0 spiro atoms. The van der Waals surface area contributed by atoms with Gasteiger partial charge in [0.25, 0.3) is 11.5 Å². The molecule has 29 heavy (non-hydrogen) atoms. The second kappa shape index (κ2) is 7.75. The summed E-state index contributed by atoms with van der Waals surface area (Å²) in [5, 5.41) is 10.6. The number of unbranched alkanes of at least 4 members (excludes halogenated alkanes) is 1. The number of carbonyl (C=O) groups is 1. The van der Waals surface area contributed by atoms with E-state index in [2.05, 4.69) is 27.5 Å². The monoisotopic (exact) mass is 391 g/mol. The SMILES string of the molecule is CCCCNC(=O)c1ccc2c(=O)nc3c(-c4ccc(OC)cc4)n[nH]n3c2c1. The molecule has 1 amide bonds. The van der Waals surface area contributed by atoms with Crippen LogP contribution >= 0.6 is 0 Å². The number of amides is 1. The molecule has 8 heteroatoms. The summed E-state index contributed by atoms with van der Waals surface area (Å²) in [5.74, 6) is 0.552. The zero-order valence-electron chi connectivity index (χ0n) is 16.2. The number of benzene rings is 2. The van der Waals surface area contributed by atoms with Crippen LogP contribution in [0.3, 0.4) is 0 Å². The smallest absolute Gasteiger partial charge is 0.281 e. The molecule has 0 aliphatic rings. The average Bonchev–Trinajstić information content (AvgIpc) is 3.17. The molecule has 0 aliphatic carbocycles. The van der Waals surface area contributed by atoms with E-state index in [1.54, 1.807) is 29.8 Å². The lowest BCUT2D eigenvalue weighted by Gasteiger charge is -2.06. The number of fused-ring (bicyclic) bond motifs is 3. The number of hydrogen-bond donors (Lipinski definition) is 2. The number of methoxy groups -OCH3 is 1. The highest BCUT2D eigenvalue weighted by Crippen LogP contribution is 2.24. The normalized spacial score (nSPS) is 11.1. The fourth-order valence-electron chi connectivity index (χ4n) is 3.19. The fourth-order valence-corrected chi connectivity index (χ4v) is 3.19. The Labute approximate surface area is 166 Å². The molecule has 0 bridgehead atoms. The molecule has 0 fully saturated rings. The molecule has 0 saturated carbocycles. The van der Waals surface area contributed by atoms with E-state index in [-0.39, 0.29) is 11.5 Å². The van der Waals surface area contributed by atoms with Gasteiger partial charge in [0.15, 0.2) is 5.65 Å². The van der Waals surface area contributed by atoms with Gasteiger partial charge in [-0.15, -0.1) is 0 Å². The lowest BCUT2D eigenvalue weighted by atomic mass is 10.1. The number of aromatic nitrogens is 4. The molecule has 2 N–H and O–H groups in total. The number of ether oxygens (including phenoxy) is 1. The highest BCUT2D eigenvalue weighted by atomic mass is 16.5. The van der Waals surface area contributed by atoms with Crippen molar-refractivity contribution in [3.63, 3.8) is 0 Å². The predicted molar refractivity (Wildman–Crippen MR) is 110 cm³/mol. The van der Waals surface area contributed by atoms with E-state index in [1.807, 2.05) is 24.3 Å². The van der Waals surface area contributed by atoms with Gasteiger partial charge in [-0.25, -0.2) is 9.73 Å². The third-order valence-electron chi connectivity index (χ3n) is 4.80. The maximum Gasteiger partial charge on any atom is 0.281 e. The van der Waals surface area contributed by atoms with E-state index in [9.17, 15) is 9.59 Å². The molecule has 2 aromatic heterocycles. The molecule has 2 heterocycles. The Morgan fingerprint density at radius 2 is 2.00 bits per heavy atom. The summed E-state index contributed by atoms with van der Waals surface area (Å²) < 4.78 is 6.81. The van der Waals surface area contributed by atoms with E-state index < -0.39 is 0 Å². The van der Waals surface area contributed by atoms with Crippen molar-refractivity contribution in [3.8, 4) is 17.0 Å². The minimum Gasteiger partial charge on any atom is -0.497 e. The van der Waals surface area contributed by atoms with Crippen molar-refractivity contribution in [2.75, 3.05) is 13.7 Å². The topological polar surface area (TPSA) is 101 Å². The molecule has 0 aliphatic heterocycles. The van der Waals surface area contributed by atoms with Gasteiger partial charge in [-0.1, -0.05) is 13.3 Å². The highest BCUT2D eigenvalue weighted by molar-refractivity contribution is 5.98. The maximum atomic E-state index is 12.6. The molecule has 0 atom stereocenters. The Bertz CT molecular complexity index is 1240. The molecule has 4 aromatic rings. The van der Waals surface area contributed by atoms with Gasteiger partial charge in [0.05, 0.1) is 18.0 Å². The van der Waals surface area contributed by atoms with Crippen LogP contribution in [0, 0.1) is 0 Å². The van der Waals surface area contributed by atoms with Crippen LogP contribution in [0.1, 0.15) is 30.1 Å². The minimum absolute atomic E-state index is 0.173. The highest BCUT2D eigenvalue weighted by Gasteiger charge is 2.15. The Morgan fingerprint density at radius 1 is 1.21 bits per heavy atom. The lowest BCUT2D eigenvalue weighted by Crippen LogP contribution is -2.24. The van der Waals surface area contributed by atoms with Gasteiger partial charge in [-0.05, 0) is 48.9 Å². The number of nitrogens with one attached hydrogen (secondary N) is 2. The van der Waals surface area contributed by atoms with Crippen LogP contribution in [0.25, 0.3) is 27.8 Å². The number of nitrogens with zero attached hydrogens (tertiary/aromatic N) is 3. The summed E-state index contributed by atoms with van der Waals surface area (Å²) >= 11 is 0. The molecular weight excluding hydrogens is 370 g/mol. The number of carbonyl (C=O) groups excluding carboxylic acids is 1. The zero-order valence-corrected chi connectivity index (χ0v) is 16.2. The molecule has 4 rings (SSSR count). The number of aromatic amines is 1.